The standard InChI is InChI=1S/C18H21NO2S/c20-18(15-5-2-1-3-6-15)19(16-9-12-21-13-10-16)11-8-17-7-4-14-22-17/h1-7,14,16H,8-13H2. The second-order valence-electron chi connectivity index (χ2n) is 5.54. The minimum absolute atomic E-state index is 0.143. The van der Waals surface area contributed by atoms with Crippen molar-refractivity contribution in [2.75, 3.05) is 19.8 Å². The quantitative estimate of drug-likeness (QED) is 0.843. The minimum atomic E-state index is 0.143. The Morgan fingerprint density at radius 3 is 2.59 bits per heavy atom. The first-order chi connectivity index (χ1) is 10.8. The van der Waals surface area contributed by atoms with Crippen LogP contribution in [-0.4, -0.2) is 36.6 Å². The van der Waals surface area contributed by atoms with Crippen LogP contribution in [0.4, 0.5) is 0 Å². The van der Waals surface area contributed by atoms with Crippen molar-refractivity contribution < 1.29 is 9.53 Å². The van der Waals surface area contributed by atoms with E-state index < -0.39 is 0 Å². The van der Waals surface area contributed by atoms with Gasteiger partial charge in [0.05, 0.1) is 0 Å². The molecule has 22 heavy (non-hydrogen) atoms. The number of nitrogens with zero attached hydrogens (tertiary/aromatic N) is 1. The summed E-state index contributed by atoms with van der Waals surface area (Å²) in [6.45, 7) is 2.28. The molecule has 1 amide bonds. The second-order valence-corrected chi connectivity index (χ2v) is 6.57. The number of amides is 1. The summed E-state index contributed by atoms with van der Waals surface area (Å²) in [6.07, 6.45) is 2.79. The van der Waals surface area contributed by atoms with Gasteiger partial charge >= 0.3 is 0 Å². The second kappa shape index (κ2) is 7.56. The zero-order valence-electron chi connectivity index (χ0n) is 12.6. The highest BCUT2D eigenvalue weighted by Crippen LogP contribution is 2.19. The predicted octanol–water partition coefficient (Wildman–Crippen LogP) is 3.61. The van der Waals surface area contributed by atoms with E-state index in [1.54, 1.807) is 11.3 Å². The van der Waals surface area contributed by atoms with Crippen LogP contribution in [0, 0.1) is 0 Å². The lowest BCUT2D eigenvalue weighted by atomic mass is 10.0. The lowest BCUT2D eigenvalue weighted by Gasteiger charge is -2.34. The molecule has 116 valence electrons. The first kappa shape index (κ1) is 15.3. The van der Waals surface area contributed by atoms with E-state index >= 15 is 0 Å². The summed E-state index contributed by atoms with van der Waals surface area (Å²) >= 11 is 1.76. The molecule has 1 aromatic carbocycles. The van der Waals surface area contributed by atoms with Crippen molar-refractivity contribution in [2.24, 2.45) is 0 Å². The zero-order valence-corrected chi connectivity index (χ0v) is 13.4. The van der Waals surface area contributed by atoms with Crippen LogP contribution in [0.15, 0.2) is 47.8 Å². The lowest BCUT2D eigenvalue weighted by molar-refractivity contribution is 0.0294. The van der Waals surface area contributed by atoms with Gasteiger partial charge in [0.15, 0.2) is 0 Å². The lowest BCUT2D eigenvalue weighted by Crippen LogP contribution is -2.44. The predicted molar refractivity (Wildman–Crippen MR) is 89.3 cm³/mol. The number of thiophene rings is 1. The Morgan fingerprint density at radius 2 is 1.91 bits per heavy atom. The maximum atomic E-state index is 12.9. The molecule has 0 bridgehead atoms. The normalized spacial score (nSPS) is 15.6. The molecule has 1 aliphatic heterocycles. The summed E-state index contributed by atoms with van der Waals surface area (Å²) in [6, 6.07) is 14.1. The third-order valence-corrected chi connectivity index (χ3v) is 5.03. The van der Waals surface area contributed by atoms with E-state index in [1.165, 1.54) is 4.88 Å². The summed E-state index contributed by atoms with van der Waals surface area (Å²) in [5.74, 6) is 0.143. The van der Waals surface area contributed by atoms with E-state index in [1.807, 2.05) is 30.3 Å². The Morgan fingerprint density at radius 1 is 1.14 bits per heavy atom. The van der Waals surface area contributed by atoms with Crippen molar-refractivity contribution in [1.29, 1.82) is 0 Å². The first-order valence-corrected chi connectivity index (χ1v) is 8.69. The number of carbonyl (C=O) groups is 1. The van der Waals surface area contributed by atoms with Gasteiger partial charge < -0.3 is 9.64 Å². The maximum absolute atomic E-state index is 12.9. The van der Waals surface area contributed by atoms with E-state index in [9.17, 15) is 4.79 Å². The highest BCUT2D eigenvalue weighted by Gasteiger charge is 2.26. The molecular formula is C18H21NO2S. The molecule has 2 aromatic rings. The molecule has 0 unspecified atom stereocenters. The maximum Gasteiger partial charge on any atom is 0.254 e. The van der Waals surface area contributed by atoms with Crippen LogP contribution in [0.1, 0.15) is 28.1 Å². The molecular weight excluding hydrogens is 294 g/mol. The SMILES string of the molecule is O=C(c1ccccc1)N(CCc1cccs1)C1CCOCC1. The van der Waals surface area contributed by atoms with E-state index in [4.69, 9.17) is 4.74 Å². The summed E-state index contributed by atoms with van der Waals surface area (Å²) in [5, 5.41) is 2.09. The molecule has 1 aliphatic rings. The largest absolute Gasteiger partial charge is 0.381 e. The fourth-order valence-corrected chi connectivity index (χ4v) is 3.58. The number of ether oxygens (including phenoxy) is 1. The average Bonchev–Trinajstić information content (AvgIpc) is 3.10. The fourth-order valence-electron chi connectivity index (χ4n) is 2.88. The Bertz CT molecular complexity index is 576. The number of benzene rings is 1. The number of hydrogen-bond donors (Lipinski definition) is 0. The molecule has 4 heteroatoms. The van der Waals surface area contributed by atoms with Crippen molar-refractivity contribution in [2.45, 2.75) is 25.3 Å². The van der Waals surface area contributed by atoms with Crippen molar-refractivity contribution in [3.05, 3.63) is 58.3 Å². The Hall–Kier alpha value is -1.65. The fraction of sp³-hybridized carbons (Fsp3) is 0.389. The van der Waals surface area contributed by atoms with E-state index in [0.717, 1.165) is 44.6 Å². The topological polar surface area (TPSA) is 29.5 Å². The molecule has 3 rings (SSSR count). The molecule has 3 nitrogen and oxygen atoms in total. The average molecular weight is 315 g/mol. The van der Waals surface area contributed by atoms with E-state index in [-0.39, 0.29) is 5.91 Å². The highest BCUT2D eigenvalue weighted by molar-refractivity contribution is 7.09. The molecule has 1 saturated heterocycles. The number of hydrogen-bond acceptors (Lipinski definition) is 3. The summed E-state index contributed by atoms with van der Waals surface area (Å²) < 4.78 is 5.45. The highest BCUT2D eigenvalue weighted by atomic mass is 32.1. The summed E-state index contributed by atoms with van der Waals surface area (Å²) in [7, 11) is 0. The van der Waals surface area contributed by atoms with Crippen LogP contribution in [0.5, 0.6) is 0 Å². The van der Waals surface area contributed by atoms with Gasteiger partial charge in [-0.2, -0.15) is 0 Å². The van der Waals surface area contributed by atoms with Gasteiger partial charge in [0, 0.05) is 36.2 Å². The van der Waals surface area contributed by atoms with Gasteiger partial charge in [-0.25, -0.2) is 0 Å². The van der Waals surface area contributed by atoms with Gasteiger partial charge in [-0.05, 0) is 42.8 Å². The Kier molecular flexibility index (Phi) is 5.24. The molecule has 0 atom stereocenters. The van der Waals surface area contributed by atoms with Crippen molar-refractivity contribution in [3.8, 4) is 0 Å². The van der Waals surface area contributed by atoms with Crippen LogP contribution >= 0.6 is 11.3 Å². The summed E-state index contributed by atoms with van der Waals surface area (Å²) in [5.41, 5.74) is 0.778. The van der Waals surface area contributed by atoms with E-state index in [2.05, 4.69) is 22.4 Å². The minimum Gasteiger partial charge on any atom is -0.381 e. The van der Waals surface area contributed by atoms with Crippen molar-refractivity contribution in [3.63, 3.8) is 0 Å². The first-order valence-electron chi connectivity index (χ1n) is 7.81. The van der Waals surface area contributed by atoms with Gasteiger partial charge in [0.25, 0.3) is 5.91 Å². The molecule has 1 aromatic heterocycles. The van der Waals surface area contributed by atoms with Gasteiger partial charge in [-0.1, -0.05) is 24.3 Å². The monoisotopic (exact) mass is 315 g/mol. The molecule has 0 saturated carbocycles. The number of rotatable bonds is 5. The summed E-state index contributed by atoms with van der Waals surface area (Å²) in [4.78, 5) is 16.3. The zero-order chi connectivity index (χ0) is 15.2. The molecule has 1 fully saturated rings. The molecule has 0 spiro atoms. The number of carbonyl (C=O) groups excluding carboxylic acids is 1. The molecule has 0 aliphatic carbocycles. The van der Waals surface area contributed by atoms with Crippen LogP contribution in [0.3, 0.4) is 0 Å². The van der Waals surface area contributed by atoms with Gasteiger partial charge in [0.2, 0.25) is 0 Å². The van der Waals surface area contributed by atoms with Crippen LogP contribution in [0.2, 0.25) is 0 Å². The van der Waals surface area contributed by atoms with Crippen LogP contribution in [0.25, 0.3) is 0 Å². The van der Waals surface area contributed by atoms with Crippen molar-refractivity contribution >= 4 is 17.2 Å². The van der Waals surface area contributed by atoms with Crippen LogP contribution < -0.4 is 0 Å². The van der Waals surface area contributed by atoms with Gasteiger partial charge in [-0.15, -0.1) is 11.3 Å². The smallest absolute Gasteiger partial charge is 0.254 e. The molecule has 0 radical (unpaired) electrons. The van der Waals surface area contributed by atoms with Gasteiger partial charge in [0.1, 0.15) is 0 Å². The third kappa shape index (κ3) is 3.76. The van der Waals surface area contributed by atoms with E-state index in [0.29, 0.717) is 6.04 Å². The molecule has 0 N–H and O–H groups in total. The Labute approximate surface area is 135 Å². The third-order valence-electron chi connectivity index (χ3n) is 4.09. The van der Waals surface area contributed by atoms with Gasteiger partial charge in [-0.3, -0.25) is 4.79 Å². The Balaban J connectivity index is 1.74. The van der Waals surface area contributed by atoms with Crippen molar-refractivity contribution in [1.82, 2.24) is 4.90 Å². The molecule has 2 heterocycles. The van der Waals surface area contributed by atoms with Crippen LogP contribution in [-0.2, 0) is 11.2 Å².